The zero-order valence-corrected chi connectivity index (χ0v) is 42.5. The Hall–Kier alpha value is -2.27. The Bertz CT molecular complexity index is 1570. The van der Waals surface area contributed by atoms with E-state index in [1.807, 2.05) is 0 Å². The van der Waals surface area contributed by atoms with Gasteiger partial charge in [0, 0.05) is 33.4 Å². The lowest BCUT2D eigenvalue weighted by Crippen LogP contribution is -2.61. The number of allylic oxidation sites excluding steroid dienone is 1. The fourth-order valence-corrected chi connectivity index (χ4v) is 13.4. The van der Waals surface area contributed by atoms with Gasteiger partial charge in [-0.25, -0.2) is 0 Å². The van der Waals surface area contributed by atoms with Gasteiger partial charge in [0.1, 0.15) is 18.1 Å². The summed E-state index contributed by atoms with van der Waals surface area (Å²) in [6.07, 6.45) is 13.0. The van der Waals surface area contributed by atoms with Gasteiger partial charge < -0.3 is 47.4 Å². The summed E-state index contributed by atoms with van der Waals surface area (Å²) in [5.74, 6) is 2.99. The summed E-state index contributed by atoms with van der Waals surface area (Å²) in [7, 11) is 0. The van der Waals surface area contributed by atoms with E-state index in [9.17, 15) is 19.2 Å². The van der Waals surface area contributed by atoms with E-state index >= 15 is 0 Å². The molecule has 0 N–H and O–H groups in total. The number of hydrogen-bond acceptors (Lipinski definition) is 15. The number of fused-ring (bicyclic) bond motifs is 5. The Morgan fingerprint density at radius 1 is 0.697 bits per heavy atom. The first-order valence-corrected chi connectivity index (χ1v) is 26.1. The average molecular weight is 953 g/mol. The van der Waals surface area contributed by atoms with Crippen molar-refractivity contribution in [1.82, 2.24) is 0 Å². The van der Waals surface area contributed by atoms with Crippen molar-refractivity contribution < 1.29 is 66.5 Å². The fourth-order valence-electron chi connectivity index (χ4n) is 12.4. The van der Waals surface area contributed by atoms with Gasteiger partial charge in [0.15, 0.2) is 18.3 Å². The molecule has 66 heavy (non-hydrogen) atoms. The first-order valence-electron chi connectivity index (χ1n) is 25.1. The Balaban J connectivity index is 0.902. The summed E-state index contributed by atoms with van der Waals surface area (Å²) in [4.78, 5) is 47.6. The minimum absolute atomic E-state index is 0.271. The summed E-state index contributed by atoms with van der Waals surface area (Å²) in [6, 6.07) is 0. The molecule has 4 aliphatic carbocycles. The molecule has 5 aliphatic rings. The van der Waals surface area contributed by atoms with E-state index in [-0.39, 0.29) is 12.7 Å². The molecule has 1 heterocycles. The molecule has 0 amide bonds. The topological polar surface area (TPSA) is 161 Å². The second kappa shape index (κ2) is 26.6. The van der Waals surface area contributed by atoms with Crippen molar-refractivity contribution in [3.63, 3.8) is 0 Å². The second-order valence-electron chi connectivity index (χ2n) is 20.4. The van der Waals surface area contributed by atoms with Crippen LogP contribution in [0.25, 0.3) is 0 Å². The second-order valence-corrected chi connectivity index (χ2v) is 21.6. The minimum Gasteiger partial charge on any atom is -0.463 e. The highest BCUT2D eigenvalue weighted by atomic mass is 32.2. The third-order valence-electron chi connectivity index (χ3n) is 15.4. The van der Waals surface area contributed by atoms with Crippen LogP contribution < -0.4 is 0 Å². The van der Waals surface area contributed by atoms with Crippen LogP contribution in [-0.4, -0.2) is 132 Å². The fraction of sp³-hybridized carbons (Fsp3) is 0.882. The van der Waals surface area contributed by atoms with Crippen LogP contribution in [0.15, 0.2) is 11.6 Å². The molecule has 0 unspecified atom stereocenters. The Kier molecular flexibility index (Phi) is 22.1. The third-order valence-corrected chi connectivity index (χ3v) is 16.5. The quantitative estimate of drug-likeness (QED) is 0.0335. The van der Waals surface area contributed by atoms with Gasteiger partial charge in [-0.05, 0) is 97.7 Å². The predicted molar refractivity (Wildman–Crippen MR) is 250 cm³/mol. The van der Waals surface area contributed by atoms with E-state index in [2.05, 4.69) is 40.7 Å². The molecule has 1 saturated heterocycles. The minimum atomic E-state index is -1.20. The lowest BCUT2D eigenvalue weighted by Gasteiger charge is -2.58. The molecule has 5 rings (SSSR count). The standard InChI is InChI=1S/C51H84O14S/c1-33(2)11-10-12-34(3)42-15-16-43-41-14-13-39-31-40(17-19-50(39,8)44(41)18-20-51(42,43)9)60-28-27-58-24-23-56-21-22-57-25-26-59-29-30-66-49-48(64-38(7)55)47(63-37(6)54)46(62-36(5)53)45(65-49)32-61-35(4)52/h13,33-34,40-49H,10-12,14-32H2,1-9H3/t34-,40-,41+,42-,43+,44+,45-,46+,47+,48-,49+,50+,51-/m1/s1. The number of thioether (sulfide) groups is 1. The molecule has 0 aromatic rings. The zero-order valence-electron chi connectivity index (χ0n) is 41.7. The number of carbonyl (C=O) groups is 4. The van der Waals surface area contributed by atoms with E-state index in [0.29, 0.717) is 76.0 Å². The normalized spacial score (nSPS) is 33.2. The molecular weight excluding hydrogens is 869 g/mol. The molecule has 4 fully saturated rings. The van der Waals surface area contributed by atoms with Gasteiger partial charge in [-0.15, -0.1) is 11.8 Å². The summed E-state index contributed by atoms with van der Waals surface area (Å²) in [5, 5.41) is 0. The number of esters is 4. The van der Waals surface area contributed by atoms with Crippen molar-refractivity contribution in [2.24, 2.45) is 46.3 Å². The molecule has 14 nitrogen and oxygen atoms in total. The molecule has 0 spiro atoms. The molecule has 15 heteroatoms. The smallest absolute Gasteiger partial charge is 0.303 e. The lowest BCUT2D eigenvalue weighted by molar-refractivity contribution is -0.237. The van der Waals surface area contributed by atoms with Gasteiger partial charge in [0.25, 0.3) is 0 Å². The molecule has 0 aromatic heterocycles. The van der Waals surface area contributed by atoms with Gasteiger partial charge in [0.05, 0.1) is 65.6 Å². The number of carbonyl (C=O) groups excluding carboxylic acids is 4. The van der Waals surface area contributed by atoms with Gasteiger partial charge >= 0.3 is 23.9 Å². The molecule has 0 bridgehead atoms. The highest BCUT2D eigenvalue weighted by Crippen LogP contribution is 2.67. The average Bonchev–Trinajstić information content (AvgIpc) is 3.61. The summed E-state index contributed by atoms with van der Waals surface area (Å²) in [6.45, 7) is 21.2. The van der Waals surface area contributed by atoms with Crippen LogP contribution in [0.2, 0.25) is 0 Å². The lowest BCUT2D eigenvalue weighted by atomic mass is 9.47. The Morgan fingerprint density at radius 2 is 1.30 bits per heavy atom. The highest BCUT2D eigenvalue weighted by molar-refractivity contribution is 7.99. The molecule has 1 aliphatic heterocycles. The molecule has 378 valence electrons. The Labute approximate surface area is 399 Å². The van der Waals surface area contributed by atoms with Crippen LogP contribution >= 0.6 is 11.8 Å². The van der Waals surface area contributed by atoms with Crippen LogP contribution in [0.1, 0.15) is 133 Å². The SMILES string of the molecule is CC(=O)OC[C@H]1O[C@@H](SCCOCCOCCOCCOCCO[C@@H]2CC[C@@]3(C)C(=CC[C@H]4[C@@H]5CC[C@H]([C@H](C)CCCC(C)C)[C@@]5(C)CC[C@@H]43)C2)[C@H](OC(C)=O)[C@@H](OC(C)=O)[C@H]1OC(C)=O. The third kappa shape index (κ3) is 15.4. The first kappa shape index (κ1) is 54.7. The van der Waals surface area contributed by atoms with E-state index in [0.717, 1.165) is 48.3 Å². The first-order chi connectivity index (χ1) is 31.5. The molecular formula is C51H84O14S. The van der Waals surface area contributed by atoms with E-state index < -0.39 is 53.7 Å². The molecule has 0 radical (unpaired) electrons. The van der Waals surface area contributed by atoms with Gasteiger partial charge in [0.2, 0.25) is 0 Å². The van der Waals surface area contributed by atoms with Crippen molar-refractivity contribution in [3.8, 4) is 0 Å². The number of ether oxygens (including phenoxy) is 10. The van der Waals surface area contributed by atoms with Crippen molar-refractivity contribution in [2.45, 2.75) is 169 Å². The molecule has 0 aromatic carbocycles. The van der Waals surface area contributed by atoms with Gasteiger partial charge in [-0.1, -0.05) is 65.5 Å². The number of rotatable bonds is 27. The van der Waals surface area contributed by atoms with Crippen LogP contribution in [0.3, 0.4) is 0 Å². The summed E-state index contributed by atoms with van der Waals surface area (Å²) < 4.78 is 56.9. The Morgan fingerprint density at radius 3 is 1.92 bits per heavy atom. The monoisotopic (exact) mass is 953 g/mol. The van der Waals surface area contributed by atoms with E-state index in [1.54, 1.807) is 5.57 Å². The largest absolute Gasteiger partial charge is 0.463 e. The van der Waals surface area contributed by atoms with Crippen LogP contribution in [-0.2, 0) is 66.5 Å². The summed E-state index contributed by atoms with van der Waals surface area (Å²) in [5.41, 5.74) is 1.69. The molecule has 13 atom stereocenters. The zero-order chi connectivity index (χ0) is 47.9. The van der Waals surface area contributed by atoms with Crippen molar-refractivity contribution in [2.75, 3.05) is 71.8 Å². The summed E-state index contributed by atoms with van der Waals surface area (Å²) >= 11 is 1.26. The van der Waals surface area contributed by atoms with E-state index in [4.69, 9.17) is 47.4 Å². The van der Waals surface area contributed by atoms with Gasteiger partial charge in [-0.3, -0.25) is 19.2 Å². The van der Waals surface area contributed by atoms with Crippen LogP contribution in [0, 0.1) is 46.3 Å². The van der Waals surface area contributed by atoms with Crippen molar-refractivity contribution in [3.05, 3.63) is 11.6 Å². The van der Waals surface area contributed by atoms with Gasteiger partial charge in [-0.2, -0.15) is 0 Å². The van der Waals surface area contributed by atoms with Crippen molar-refractivity contribution in [1.29, 1.82) is 0 Å². The van der Waals surface area contributed by atoms with E-state index in [1.165, 1.54) is 97.2 Å². The van der Waals surface area contributed by atoms with Crippen molar-refractivity contribution >= 4 is 35.6 Å². The maximum atomic E-state index is 12.0. The predicted octanol–water partition coefficient (Wildman–Crippen LogP) is 8.30. The number of hydrogen-bond donors (Lipinski definition) is 0. The van der Waals surface area contributed by atoms with Crippen LogP contribution in [0.5, 0.6) is 0 Å². The van der Waals surface area contributed by atoms with Crippen LogP contribution in [0.4, 0.5) is 0 Å². The maximum absolute atomic E-state index is 12.0. The maximum Gasteiger partial charge on any atom is 0.303 e. The highest BCUT2D eigenvalue weighted by Gasteiger charge is 2.59. The molecule has 3 saturated carbocycles.